The average Bonchev–Trinajstić information content (AvgIpc) is 2.79. The maximum Gasteiger partial charge on any atom is 0.257 e. The lowest BCUT2D eigenvalue weighted by Crippen LogP contribution is -2.48. The van der Waals surface area contributed by atoms with E-state index in [1.807, 2.05) is 36.1 Å². The zero-order valence-corrected chi connectivity index (χ0v) is 20.1. The first-order valence-corrected chi connectivity index (χ1v) is 11.7. The number of hydrogen-bond acceptors (Lipinski definition) is 4. The Bertz CT molecular complexity index is 972. The van der Waals surface area contributed by atoms with Crippen molar-refractivity contribution < 1.29 is 9.59 Å². The summed E-state index contributed by atoms with van der Waals surface area (Å²) >= 11 is 11.8. The number of carbonyl (C=O) groups is 2. The quantitative estimate of drug-likeness (QED) is 0.607. The number of hydrogen-bond donors (Lipinski definition) is 2. The number of halogens is 1. The molecule has 0 aliphatic carbocycles. The van der Waals surface area contributed by atoms with Crippen LogP contribution in [0.25, 0.3) is 0 Å². The van der Waals surface area contributed by atoms with E-state index in [1.165, 1.54) is 5.56 Å². The molecule has 3 rings (SSSR count). The molecule has 0 radical (unpaired) electrons. The molecule has 170 valence electrons. The molecular formula is C24H29ClN4O2S. The normalized spacial score (nSPS) is 13.6. The molecule has 32 heavy (non-hydrogen) atoms. The van der Waals surface area contributed by atoms with Crippen LogP contribution in [0.3, 0.4) is 0 Å². The Labute approximate surface area is 199 Å². The third-order valence-electron chi connectivity index (χ3n) is 5.49. The van der Waals surface area contributed by atoms with Crippen molar-refractivity contribution in [3.8, 4) is 0 Å². The summed E-state index contributed by atoms with van der Waals surface area (Å²) < 4.78 is 0. The van der Waals surface area contributed by atoms with Gasteiger partial charge in [-0.15, -0.1) is 0 Å². The number of nitrogens with one attached hydrogen (secondary N) is 2. The Morgan fingerprint density at radius 2 is 1.72 bits per heavy atom. The Morgan fingerprint density at radius 3 is 2.31 bits per heavy atom. The number of anilines is 2. The molecule has 0 unspecified atom stereocenters. The summed E-state index contributed by atoms with van der Waals surface area (Å²) in [6, 6.07) is 13.1. The largest absolute Gasteiger partial charge is 0.367 e. The van der Waals surface area contributed by atoms with Crippen LogP contribution in [0.15, 0.2) is 42.5 Å². The smallest absolute Gasteiger partial charge is 0.257 e. The van der Waals surface area contributed by atoms with E-state index in [0.717, 1.165) is 31.6 Å². The number of piperazine rings is 1. The Balaban J connectivity index is 1.55. The molecular weight excluding hydrogens is 444 g/mol. The van der Waals surface area contributed by atoms with E-state index in [-0.39, 0.29) is 16.9 Å². The summed E-state index contributed by atoms with van der Waals surface area (Å²) in [5.74, 6) is -0.0435. The van der Waals surface area contributed by atoms with E-state index in [9.17, 15) is 9.59 Å². The Morgan fingerprint density at radius 1 is 1.03 bits per heavy atom. The molecule has 1 aliphatic rings. The van der Waals surface area contributed by atoms with Crippen LogP contribution in [0.2, 0.25) is 5.02 Å². The van der Waals surface area contributed by atoms with Crippen LogP contribution in [0.5, 0.6) is 0 Å². The molecule has 0 bridgehead atoms. The van der Waals surface area contributed by atoms with Crippen molar-refractivity contribution in [2.75, 3.05) is 36.4 Å². The van der Waals surface area contributed by atoms with E-state index in [2.05, 4.69) is 22.5 Å². The third-order valence-corrected chi connectivity index (χ3v) is 6.00. The predicted molar refractivity (Wildman–Crippen MR) is 135 cm³/mol. The molecule has 0 aromatic heterocycles. The first-order chi connectivity index (χ1) is 15.4. The number of aryl methyl sites for hydroxylation is 1. The van der Waals surface area contributed by atoms with Crippen molar-refractivity contribution in [2.45, 2.75) is 33.1 Å². The van der Waals surface area contributed by atoms with Crippen LogP contribution in [0.1, 0.15) is 42.6 Å². The van der Waals surface area contributed by atoms with Gasteiger partial charge >= 0.3 is 0 Å². The number of amides is 2. The highest BCUT2D eigenvalue weighted by molar-refractivity contribution is 7.80. The highest BCUT2D eigenvalue weighted by Gasteiger charge is 2.22. The fourth-order valence-electron chi connectivity index (χ4n) is 3.64. The first kappa shape index (κ1) is 24.0. The minimum absolute atomic E-state index is 0.210. The van der Waals surface area contributed by atoms with Gasteiger partial charge in [-0.1, -0.05) is 37.6 Å². The molecule has 0 atom stereocenters. The van der Waals surface area contributed by atoms with Crippen molar-refractivity contribution in [1.29, 1.82) is 0 Å². The molecule has 0 spiro atoms. The topological polar surface area (TPSA) is 64.7 Å². The van der Waals surface area contributed by atoms with Gasteiger partial charge in [-0.05, 0) is 61.0 Å². The molecule has 2 aromatic carbocycles. The second-order valence-corrected chi connectivity index (χ2v) is 8.56. The Kier molecular flexibility index (Phi) is 8.47. The fourth-order valence-corrected chi connectivity index (χ4v) is 4.15. The molecule has 6 nitrogen and oxygen atoms in total. The second-order valence-electron chi connectivity index (χ2n) is 7.74. The molecule has 1 aliphatic heterocycles. The van der Waals surface area contributed by atoms with Gasteiger partial charge in [-0.25, -0.2) is 0 Å². The SMILES string of the molecule is CCCC(=O)N1CCN(c2ccc(NC(=S)NC(=O)c3ccc(CC)cc3)cc2Cl)CC1. The van der Waals surface area contributed by atoms with Gasteiger partial charge in [0, 0.05) is 43.9 Å². The van der Waals surface area contributed by atoms with Crippen LogP contribution < -0.4 is 15.5 Å². The van der Waals surface area contributed by atoms with E-state index in [1.54, 1.807) is 18.2 Å². The lowest BCUT2D eigenvalue weighted by Gasteiger charge is -2.36. The van der Waals surface area contributed by atoms with Crippen molar-refractivity contribution in [2.24, 2.45) is 0 Å². The molecule has 1 heterocycles. The maximum absolute atomic E-state index is 12.4. The number of carbonyl (C=O) groups excluding carboxylic acids is 2. The van der Waals surface area contributed by atoms with Crippen LogP contribution in [0.4, 0.5) is 11.4 Å². The number of thiocarbonyl (C=S) groups is 1. The lowest BCUT2D eigenvalue weighted by molar-refractivity contribution is -0.131. The number of nitrogens with zero attached hydrogens (tertiary/aromatic N) is 2. The summed E-state index contributed by atoms with van der Waals surface area (Å²) in [6.45, 7) is 6.97. The van der Waals surface area contributed by atoms with Gasteiger partial charge < -0.3 is 15.1 Å². The first-order valence-electron chi connectivity index (χ1n) is 10.9. The highest BCUT2D eigenvalue weighted by Crippen LogP contribution is 2.29. The lowest BCUT2D eigenvalue weighted by atomic mass is 10.1. The van der Waals surface area contributed by atoms with Crippen LogP contribution >= 0.6 is 23.8 Å². The van der Waals surface area contributed by atoms with Gasteiger partial charge in [0.25, 0.3) is 5.91 Å². The summed E-state index contributed by atoms with van der Waals surface area (Å²) in [7, 11) is 0. The van der Waals surface area contributed by atoms with Crippen LogP contribution in [0, 0.1) is 0 Å². The van der Waals surface area contributed by atoms with Crippen molar-refractivity contribution in [3.05, 3.63) is 58.6 Å². The molecule has 0 saturated carbocycles. The molecule has 1 saturated heterocycles. The van der Waals surface area contributed by atoms with Crippen LogP contribution in [-0.2, 0) is 11.2 Å². The van der Waals surface area contributed by atoms with Gasteiger partial charge in [-0.2, -0.15) is 0 Å². The van der Waals surface area contributed by atoms with E-state index in [0.29, 0.717) is 35.8 Å². The van der Waals surface area contributed by atoms with Crippen molar-refractivity contribution in [3.63, 3.8) is 0 Å². The van der Waals surface area contributed by atoms with Gasteiger partial charge in [0.15, 0.2) is 5.11 Å². The average molecular weight is 473 g/mol. The van der Waals surface area contributed by atoms with E-state index in [4.69, 9.17) is 23.8 Å². The molecule has 2 amide bonds. The number of rotatable bonds is 6. The number of benzene rings is 2. The zero-order chi connectivity index (χ0) is 23.1. The monoisotopic (exact) mass is 472 g/mol. The van der Waals surface area contributed by atoms with Crippen molar-refractivity contribution in [1.82, 2.24) is 10.2 Å². The second kappa shape index (κ2) is 11.3. The van der Waals surface area contributed by atoms with Crippen molar-refractivity contribution >= 4 is 52.1 Å². The fraction of sp³-hybridized carbons (Fsp3) is 0.375. The van der Waals surface area contributed by atoms with Gasteiger partial charge in [0.2, 0.25) is 5.91 Å². The summed E-state index contributed by atoms with van der Waals surface area (Å²) in [6.07, 6.45) is 2.39. The summed E-state index contributed by atoms with van der Waals surface area (Å²) in [4.78, 5) is 28.6. The maximum atomic E-state index is 12.4. The minimum Gasteiger partial charge on any atom is -0.367 e. The van der Waals surface area contributed by atoms with Crippen LogP contribution in [-0.4, -0.2) is 48.0 Å². The zero-order valence-electron chi connectivity index (χ0n) is 18.5. The molecule has 2 aromatic rings. The third kappa shape index (κ3) is 6.20. The standard InChI is InChI=1S/C24H29ClN4O2S/c1-3-5-22(30)29-14-12-28(13-15-29)21-11-10-19(16-20(21)25)26-24(32)27-23(31)18-8-6-17(4-2)7-9-18/h6-11,16H,3-5,12-15H2,1-2H3,(H2,26,27,31,32). The predicted octanol–water partition coefficient (Wildman–Crippen LogP) is 4.48. The molecule has 2 N–H and O–H groups in total. The summed E-state index contributed by atoms with van der Waals surface area (Å²) in [5, 5.41) is 6.51. The van der Waals surface area contributed by atoms with E-state index >= 15 is 0 Å². The molecule has 8 heteroatoms. The highest BCUT2D eigenvalue weighted by atomic mass is 35.5. The molecule has 1 fully saturated rings. The van der Waals surface area contributed by atoms with Gasteiger partial charge in [0.05, 0.1) is 10.7 Å². The minimum atomic E-state index is -0.261. The summed E-state index contributed by atoms with van der Waals surface area (Å²) in [5.41, 5.74) is 3.34. The van der Waals surface area contributed by atoms with E-state index < -0.39 is 0 Å². The Hall–Kier alpha value is -2.64. The van der Waals surface area contributed by atoms with Gasteiger partial charge in [-0.3, -0.25) is 14.9 Å². The van der Waals surface area contributed by atoms with Gasteiger partial charge in [0.1, 0.15) is 0 Å².